The van der Waals surface area contributed by atoms with Crippen molar-refractivity contribution < 1.29 is 9.47 Å². The molecule has 3 aromatic carbocycles. The van der Waals surface area contributed by atoms with Crippen LogP contribution in [0.4, 0.5) is 5.69 Å². The van der Waals surface area contributed by atoms with Crippen molar-refractivity contribution in [2.45, 2.75) is 52.1 Å². The van der Waals surface area contributed by atoms with E-state index in [4.69, 9.17) is 9.47 Å². The minimum absolute atomic E-state index is 0.0686. The number of nitrogens with one attached hydrogen (secondary N) is 1. The summed E-state index contributed by atoms with van der Waals surface area (Å²) in [5.41, 5.74) is 3.71. The van der Waals surface area contributed by atoms with Gasteiger partial charge in [-0.15, -0.1) is 0 Å². The van der Waals surface area contributed by atoms with Crippen LogP contribution in [-0.2, 0) is 6.42 Å². The normalized spacial score (nSPS) is 12.7. The van der Waals surface area contributed by atoms with E-state index >= 15 is 0 Å². The Morgan fingerprint density at radius 2 is 1.55 bits per heavy atom. The van der Waals surface area contributed by atoms with Gasteiger partial charge in [0.25, 0.3) is 0 Å². The van der Waals surface area contributed by atoms with Crippen LogP contribution in [0.1, 0.15) is 50.7 Å². The molecular weight excluding hydrogens is 382 g/mol. The fourth-order valence-corrected chi connectivity index (χ4v) is 3.51. The number of aryl methyl sites for hydroxylation is 1. The van der Waals surface area contributed by atoms with Gasteiger partial charge in [-0.2, -0.15) is 0 Å². The highest BCUT2D eigenvalue weighted by Crippen LogP contribution is 2.29. The molecule has 3 rings (SSSR count). The molecule has 0 aliphatic rings. The summed E-state index contributed by atoms with van der Waals surface area (Å²) in [5, 5.41) is 3.46. The van der Waals surface area contributed by atoms with Crippen molar-refractivity contribution in [1.29, 1.82) is 0 Å². The van der Waals surface area contributed by atoms with Gasteiger partial charge >= 0.3 is 0 Å². The molecule has 0 saturated heterocycles. The van der Waals surface area contributed by atoms with Crippen molar-refractivity contribution in [2.24, 2.45) is 0 Å². The van der Waals surface area contributed by atoms with E-state index in [1.165, 1.54) is 11.1 Å². The standard InChI is InChI=1S/C28H35NO2/c1-4-22(2)27-14-8-9-15-28(27)31-23(3)21-29-25-16-18-26(19-17-25)30-20-10-13-24-11-6-5-7-12-24/h5-9,11-12,14-19,22-23,29H,4,10,13,20-21H2,1-3H3. The first-order valence-electron chi connectivity index (χ1n) is 11.4. The molecule has 0 bridgehead atoms. The predicted molar refractivity (Wildman–Crippen MR) is 130 cm³/mol. The molecule has 0 amide bonds. The fraction of sp³-hybridized carbons (Fsp3) is 0.357. The lowest BCUT2D eigenvalue weighted by atomic mass is 9.98. The molecule has 0 radical (unpaired) electrons. The Morgan fingerprint density at radius 1 is 0.839 bits per heavy atom. The van der Waals surface area contributed by atoms with Crippen LogP contribution < -0.4 is 14.8 Å². The summed E-state index contributed by atoms with van der Waals surface area (Å²) in [6.45, 7) is 8.03. The summed E-state index contributed by atoms with van der Waals surface area (Å²) < 4.78 is 12.1. The molecule has 3 nitrogen and oxygen atoms in total. The van der Waals surface area contributed by atoms with E-state index < -0.39 is 0 Å². The van der Waals surface area contributed by atoms with Gasteiger partial charge in [0.15, 0.2) is 0 Å². The zero-order valence-corrected chi connectivity index (χ0v) is 19.0. The number of hydrogen-bond acceptors (Lipinski definition) is 3. The van der Waals surface area contributed by atoms with Crippen molar-refractivity contribution in [1.82, 2.24) is 0 Å². The van der Waals surface area contributed by atoms with E-state index in [-0.39, 0.29) is 6.10 Å². The van der Waals surface area contributed by atoms with E-state index in [1.54, 1.807) is 0 Å². The number of ether oxygens (including phenoxy) is 2. The molecule has 0 aliphatic heterocycles. The second-order valence-corrected chi connectivity index (χ2v) is 8.12. The van der Waals surface area contributed by atoms with Crippen molar-refractivity contribution in [3.05, 3.63) is 90.0 Å². The minimum atomic E-state index is 0.0686. The molecule has 3 heteroatoms. The second kappa shape index (κ2) is 12.0. The van der Waals surface area contributed by atoms with E-state index in [9.17, 15) is 0 Å². The Labute approximate surface area is 187 Å². The summed E-state index contributed by atoms with van der Waals surface area (Å²) in [4.78, 5) is 0. The first kappa shape index (κ1) is 22.7. The van der Waals surface area contributed by atoms with Gasteiger partial charge in [0.1, 0.15) is 17.6 Å². The Morgan fingerprint density at radius 3 is 2.29 bits per heavy atom. The van der Waals surface area contributed by atoms with Gasteiger partial charge in [-0.1, -0.05) is 62.4 Å². The molecular formula is C28H35NO2. The Balaban J connectivity index is 1.41. The Kier molecular flexibility index (Phi) is 8.84. The van der Waals surface area contributed by atoms with Crippen LogP contribution >= 0.6 is 0 Å². The van der Waals surface area contributed by atoms with Crippen molar-refractivity contribution >= 4 is 5.69 Å². The highest BCUT2D eigenvalue weighted by molar-refractivity contribution is 5.46. The van der Waals surface area contributed by atoms with Gasteiger partial charge in [-0.05, 0) is 73.6 Å². The fourth-order valence-electron chi connectivity index (χ4n) is 3.51. The number of hydrogen-bond donors (Lipinski definition) is 1. The minimum Gasteiger partial charge on any atom is -0.494 e. The monoisotopic (exact) mass is 417 g/mol. The number of anilines is 1. The average molecular weight is 418 g/mol. The van der Waals surface area contributed by atoms with Crippen LogP contribution in [0.25, 0.3) is 0 Å². The molecule has 0 heterocycles. The summed E-state index contributed by atoms with van der Waals surface area (Å²) in [6.07, 6.45) is 3.22. The zero-order chi connectivity index (χ0) is 21.9. The van der Waals surface area contributed by atoms with Crippen molar-refractivity contribution in [3.63, 3.8) is 0 Å². The highest BCUT2D eigenvalue weighted by atomic mass is 16.5. The summed E-state index contributed by atoms with van der Waals surface area (Å²) >= 11 is 0. The van der Waals surface area contributed by atoms with Crippen LogP contribution in [0, 0.1) is 0 Å². The molecule has 0 aliphatic carbocycles. The maximum Gasteiger partial charge on any atom is 0.123 e. The number of benzene rings is 3. The highest BCUT2D eigenvalue weighted by Gasteiger charge is 2.12. The molecule has 0 spiro atoms. The average Bonchev–Trinajstić information content (AvgIpc) is 2.82. The molecule has 1 N–H and O–H groups in total. The third-order valence-corrected chi connectivity index (χ3v) is 5.56. The van der Waals surface area contributed by atoms with Gasteiger partial charge in [0, 0.05) is 5.69 Å². The molecule has 0 saturated carbocycles. The third kappa shape index (κ3) is 7.36. The van der Waals surface area contributed by atoms with E-state index in [2.05, 4.69) is 80.7 Å². The maximum absolute atomic E-state index is 6.23. The first-order chi connectivity index (χ1) is 15.2. The number of rotatable bonds is 12. The first-order valence-corrected chi connectivity index (χ1v) is 11.4. The molecule has 31 heavy (non-hydrogen) atoms. The van der Waals surface area contributed by atoms with Crippen molar-refractivity contribution in [2.75, 3.05) is 18.5 Å². The van der Waals surface area contributed by atoms with Gasteiger partial charge in [-0.3, -0.25) is 0 Å². The molecule has 2 atom stereocenters. The number of para-hydroxylation sites is 1. The smallest absolute Gasteiger partial charge is 0.123 e. The maximum atomic E-state index is 6.23. The van der Waals surface area contributed by atoms with E-state index in [0.717, 1.165) is 49.6 Å². The summed E-state index contributed by atoms with van der Waals surface area (Å²) in [7, 11) is 0. The molecule has 0 aromatic heterocycles. The van der Waals surface area contributed by atoms with Crippen LogP contribution in [0.3, 0.4) is 0 Å². The molecule has 2 unspecified atom stereocenters. The van der Waals surface area contributed by atoms with E-state index in [1.807, 2.05) is 24.3 Å². The predicted octanol–water partition coefficient (Wildman–Crippen LogP) is 7.09. The molecule has 164 valence electrons. The Hall–Kier alpha value is -2.94. The van der Waals surface area contributed by atoms with Crippen LogP contribution in [-0.4, -0.2) is 19.3 Å². The van der Waals surface area contributed by atoms with E-state index in [0.29, 0.717) is 5.92 Å². The van der Waals surface area contributed by atoms with Crippen LogP contribution in [0.15, 0.2) is 78.9 Å². The lowest BCUT2D eigenvalue weighted by molar-refractivity contribution is 0.231. The van der Waals surface area contributed by atoms with Gasteiger partial charge in [-0.25, -0.2) is 0 Å². The molecule has 0 fully saturated rings. The van der Waals surface area contributed by atoms with Crippen LogP contribution in [0.5, 0.6) is 11.5 Å². The van der Waals surface area contributed by atoms with Crippen LogP contribution in [0.2, 0.25) is 0 Å². The molecule has 3 aromatic rings. The third-order valence-electron chi connectivity index (χ3n) is 5.56. The Bertz CT molecular complexity index is 892. The van der Waals surface area contributed by atoms with Gasteiger partial charge < -0.3 is 14.8 Å². The van der Waals surface area contributed by atoms with Crippen molar-refractivity contribution in [3.8, 4) is 11.5 Å². The zero-order valence-electron chi connectivity index (χ0n) is 19.0. The SMILES string of the molecule is CCC(C)c1ccccc1OC(C)CNc1ccc(OCCCc2ccccc2)cc1. The van der Waals surface area contributed by atoms with Gasteiger partial charge in [0.2, 0.25) is 0 Å². The topological polar surface area (TPSA) is 30.5 Å². The van der Waals surface area contributed by atoms with Gasteiger partial charge in [0.05, 0.1) is 13.2 Å². The summed E-state index contributed by atoms with van der Waals surface area (Å²) in [6, 6.07) is 27.1. The quantitative estimate of drug-likeness (QED) is 0.319. The lowest BCUT2D eigenvalue weighted by Gasteiger charge is -2.20. The lowest BCUT2D eigenvalue weighted by Crippen LogP contribution is -2.23. The largest absolute Gasteiger partial charge is 0.494 e. The second-order valence-electron chi connectivity index (χ2n) is 8.12. The summed E-state index contributed by atoms with van der Waals surface area (Å²) in [5.74, 6) is 2.40.